The number of rotatable bonds is 3. The molecule has 0 aliphatic carbocycles. The summed E-state index contributed by atoms with van der Waals surface area (Å²) < 4.78 is 0. The molecular formula is C14H26N2. The van der Waals surface area contributed by atoms with E-state index in [0.717, 1.165) is 0 Å². The fourth-order valence-electron chi connectivity index (χ4n) is 2.84. The number of hydrogen-bond donors (Lipinski definition) is 0. The van der Waals surface area contributed by atoms with Gasteiger partial charge in [0.05, 0.1) is 0 Å². The van der Waals surface area contributed by atoms with Crippen LogP contribution in [0.5, 0.6) is 0 Å². The molecule has 2 nitrogen and oxygen atoms in total. The Kier molecular flexibility index (Phi) is 4.55. The van der Waals surface area contributed by atoms with Crippen molar-refractivity contribution in [2.75, 3.05) is 26.2 Å². The summed E-state index contributed by atoms with van der Waals surface area (Å²) in [6, 6.07) is 0. The summed E-state index contributed by atoms with van der Waals surface area (Å²) in [6.07, 6.45) is 12.0. The molecule has 92 valence electrons. The van der Waals surface area contributed by atoms with Crippen LogP contribution in [-0.4, -0.2) is 36.0 Å². The molecule has 2 fully saturated rings. The SMILES string of the molecule is CC/C(=C\N1CCCCC1)N1CCCCC1. The van der Waals surface area contributed by atoms with E-state index in [-0.39, 0.29) is 0 Å². The first-order chi connectivity index (χ1) is 7.90. The third-order valence-corrected chi connectivity index (χ3v) is 3.85. The minimum atomic E-state index is 1.19. The summed E-state index contributed by atoms with van der Waals surface area (Å²) in [5.74, 6) is 0. The van der Waals surface area contributed by atoms with Gasteiger partial charge in [-0.05, 0) is 44.9 Å². The van der Waals surface area contributed by atoms with E-state index in [2.05, 4.69) is 22.9 Å². The Bertz CT molecular complexity index is 223. The topological polar surface area (TPSA) is 6.48 Å². The number of likely N-dealkylation sites (tertiary alicyclic amines) is 2. The molecule has 2 heteroatoms. The lowest BCUT2D eigenvalue weighted by molar-refractivity contribution is 0.256. The summed E-state index contributed by atoms with van der Waals surface area (Å²) in [5.41, 5.74) is 1.57. The molecule has 16 heavy (non-hydrogen) atoms. The number of hydrogen-bond acceptors (Lipinski definition) is 2. The summed E-state index contributed by atoms with van der Waals surface area (Å²) >= 11 is 0. The third kappa shape index (κ3) is 3.16. The van der Waals surface area contributed by atoms with Gasteiger partial charge < -0.3 is 9.80 Å². The first-order valence-corrected chi connectivity index (χ1v) is 7.10. The van der Waals surface area contributed by atoms with Crippen LogP contribution in [0.4, 0.5) is 0 Å². The summed E-state index contributed by atoms with van der Waals surface area (Å²) in [6.45, 7) is 7.42. The molecule has 2 aliphatic heterocycles. The van der Waals surface area contributed by atoms with Crippen molar-refractivity contribution in [1.29, 1.82) is 0 Å². The van der Waals surface area contributed by atoms with E-state index in [1.165, 1.54) is 71.1 Å². The van der Waals surface area contributed by atoms with Crippen molar-refractivity contribution in [3.8, 4) is 0 Å². The maximum absolute atomic E-state index is 2.61. The Balaban J connectivity index is 1.93. The van der Waals surface area contributed by atoms with Gasteiger partial charge in [-0.1, -0.05) is 6.92 Å². The normalized spacial score (nSPS) is 23.7. The van der Waals surface area contributed by atoms with Gasteiger partial charge in [-0.2, -0.15) is 0 Å². The zero-order chi connectivity index (χ0) is 11.2. The Labute approximate surface area is 100 Å². The number of nitrogens with zero attached hydrogens (tertiary/aromatic N) is 2. The average Bonchev–Trinajstić information content (AvgIpc) is 2.38. The zero-order valence-electron chi connectivity index (χ0n) is 10.7. The highest BCUT2D eigenvalue weighted by molar-refractivity contribution is 5.01. The number of piperidine rings is 2. The largest absolute Gasteiger partial charge is 0.376 e. The summed E-state index contributed by atoms with van der Waals surface area (Å²) in [7, 11) is 0. The molecule has 0 spiro atoms. The van der Waals surface area contributed by atoms with Crippen LogP contribution in [0, 0.1) is 0 Å². The second kappa shape index (κ2) is 6.17. The average molecular weight is 222 g/mol. The van der Waals surface area contributed by atoms with Crippen LogP contribution < -0.4 is 0 Å². The van der Waals surface area contributed by atoms with E-state index in [9.17, 15) is 0 Å². The highest BCUT2D eigenvalue weighted by atomic mass is 15.2. The minimum absolute atomic E-state index is 1.19. The second-order valence-corrected chi connectivity index (χ2v) is 5.12. The highest BCUT2D eigenvalue weighted by Crippen LogP contribution is 2.19. The van der Waals surface area contributed by atoms with Crippen molar-refractivity contribution >= 4 is 0 Å². The van der Waals surface area contributed by atoms with Gasteiger partial charge in [0.2, 0.25) is 0 Å². The zero-order valence-corrected chi connectivity index (χ0v) is 10.7. The molecule has 2 heterocycles. The third-order valence-electron chi connectivity index (χ3n) is 3.85. The molecule has 0 amide bonds. The maximum atomic E-state index is 2.61. The fraction of sp³-hybridized carbons (Fsp3) is 0.857. The van der Waals surface area contributed by atoms with Crippen LogP contribution in [0.25, 0.3) is 0 Å². The molecule has 2 saturated heterocycles. The van der Waals surface area contributed by atoms with Gasteiger partial charge in [-0.3, -0.25) is 0 Å². The van der Waals surface area contributed by atoms with Crippen molar-refractivity contribution in [3.63, 3.8) is 0 Å². The Morgan fingerprint density at radius 1 is 0.875 bits per heavy atom. The Hall–Kier alpha value is -0.660. The van der Waals surface area contributed by atoms with Crippen LogP contribution in [-0.2, 0) is 0 Å². The molecule has 0 aromatic heterocycles. The van der Waals surface area contributed by atoms with Crippen LogP contribution in [0.1, 0.15) is 51.9 Å². The van der Waals surface area contributed by atoms with Crippen molar-refractivity contribution in [3.05, 3.63) is 11.9 Å². The lowest BCUT2D eigenvalue weighted by Crippen LogP contribution is -2.32. The van der Waals surface area contributed by atoms with E-state index in [0.29, 0.717) is 0 Å². The Morgan fingerprint density at radius 2 is 1.44 bits per heavy atom. The monoisotopic (exact) mass is 222 g/mol. The lowest BCUT2D eigenvalue weighted by atomic mass is 10.1. The maximum Gasteiger partial charge on any atom is 0.0291 e. The molecular weight excluding hydrogens is 196 g/mol. The van der Waals surface area contributed by atoms with Crippen molar-refractivity contribution in [2.45, 2.75) is 51.9 Å². The van der Waals surface area contributed by atoms with Gasteiger partial charge in [-0.15, -0.1) is 0 Å². The van der Waals surface area contributed by atoms with Gasteiger partial charge in [0.15, 0.2) is 0 Å². The molecule has 0 aromatic carbocycles. The van der Waals surface area contributed by atoms with E-state index in [1.54, 1.807) is 5.70 Å². The van der Waals surface area contributed by atoms with E-state index < -0.39 is 0 Å². The van der Waals surface area contributed by atoms with Gasteiger partial charge in [-0.25, -0.2) is 0 Å². The predicted octanol–water partition coefficient (Wildman–Crippen LogP) is 3.21. The molecule has 0 radical (unpaired) electrons. The fourth-order valence-corrected chi connectivity index (χ4v) is 2.84. The first-order valence-electron chi connectivity index (χ1n) is 7.10. The van der Waals surface area contributed by atoms with Crippen LogP contribution in [0.15, 0.2) is 11.9 Å². The minimum Gasteiger partial charge on any atom is -0.376 e. The van der Waals surface area contributed by atoms with Gasteiger partial charge in [0, 0.05) is 38.1 Å². The molecule has 0 bridgehead atoms. The van der Waals surface area contributed by atoms with E-state index >= 15 is 0 Å². The standard InChI is InChI=1S/C14H26N2/c1-2-14(16-11-7-4-8-12-16)13-15-9-5-3-6-10-15/h13H,2-12H2,1H3/b14-13+. The lowest BCUT2D eigenvalue weighted by Gasteiger charge is -2.33. The van der Waals surface area contributed by atoms with E-state index in [4.69, 9.17) is 0 Å². The molecule has 0 unspecified atom stereocenters. The van der Waals surface area contributed by atoms with Crippen molar-refractivity contribution in [2.24, 2.45) is 0 Å². The smallest absolute Gasteiger partial charge is 0.0291 e. The molecule has 2 aliphatic rings. The quantitative estimate of drug-likeness (QED) is 0.723. The van der Waals surface area contributed by atoms with Crippen LogP contribution in [0.3, 0.4) is 0 Å². The van der Waals surface area contributed by atoms with E-state index in [1.807, 2.05) is 0 Å². The van der Waals surface area contributed by atoms with Gasteiger partial charge in [0.25, 0.3) is 0 Å². The van der Waals surface area contributed by atoms with Crippen LogP contribution in [0.2, 0.25) is 0 Å². The molecule has 0 saturated carbocycles. The number of allylic oxidation sites excluding steroid dienone is 1. The Morgan fingerprint density at radius 3 is 2.00 bits per heavy atom. The summed E-state index contributed by atoms with van der Waals surface area (Å²) in [5, 5.41) is 0. The predicted molar refractivity (Wildman–Crippen MR) is 69.2 cm³/mol. The molecule has 2 rings (SSSR count). The van der Waals surface area contributed by atoms with Crippen LogP contribution >= 0.6 is 0 Å². The molecule has 0 atom stereocenters. The van der Waals surface area contributed by atoms with Crippen molar-refractivity contribution in [1.82, 2.24) is 9.80 Å². The molecule has 0 aromatic rings. The summed E-state index contributed by atoms with van der Waals surface area (Å²) in [4.78, 5) is 5.15. The van der Waals surface area contributed by atoms with Gasteiger partial charge in [0.1, 0.15) is 0 Å². The second-order valence-electron chi connectivity index (χ2n) is 5.12. The first kappa shape index (κ1) is 11.8. The van der Waals surface area contributed by atoms with Crippen molar-refractivity contribution < 1.29 is 0 Å². The van der Waals surface area contributed by atoms with Gasteiger partial charge >= 0.3 is 0 Å². The highest BCUT2D eigenvalue weighted by Gasteiger charge is 2.14. The molecule has 0 N–H and O–H groups in total.